The fourth-order valence-electron chi connectivity index (χ4n) is 3.48. The van der Waals surface area contributed by atoms with Gasteiger partial charge < -0.3 is 21.5 Å². The summed E-state index contributed by atoms with van der Waals surface area (Å²) >= 11 is 3.33. The smallest absolute Gasteiger partial charge is 0.349 e. The van der Waals surface area contributed by atoms with Crippen LogP contribution in [0.25, 0.3) is 0 Å². The van der Waals surface area contributed by atoms with E-state index < -0.39 is 29.2 Å². The van der Waals surface area contributed by atoms with Crippen molar-refractivity contribution < 1.29 is 18.3 Å². The molecule has 1 aliphatic heterocycles. The highest BCUT2D eigenvalue weighted by atomic mass is 79.9. The van der Waals surface area contributed by atoms with Crippen molar-refractivity contribution in [3.63, 3.8) is 0 Å². The summed E-state index contributed by atoms with van der Waals surface area (Å²) in [6.07, 6.45) is 1.72. The molecule has 0 saturated carbocycles. The molecule has 1 atom stereocenters. The van der Waals surface area contributed by atoms with Gasteiger partial charge >= 0.3 is 5.97 Å². The van der Waals surface area contributed by atoms with Gasteiger partial charge in [0.2, 0.25) is 5.96 Å². The summed E-state index contributed by atoms with van der Waals surface area (Å²) in [5, 5.41) is 23.7. The summed E-state index contributed by atoms with van der Waals surface area (Å²) in [4.78, 5) is 21.2. The van der Waals surface area contributed by atoms with E-state index in [-0.39, 0.29) is 45.7 Å². The van der Waals surface area contributed by atoms with Crippen molar-refractivity contribution in [2.75, 3.05) is 16.8 Å². The molecule has 1 aromatic heterocycles. The Morgan fingerprint density at radius 3 is 2.57 bits per heavy atom. The predicted molar refractivity (Wildman–Crippen MR) is 125 cm³/mol. The number of nitriles is 2. The lowest BCUT2D eigenvalue weighted by molar-refractivity contribution is 0.0722. The van der Waals surface area contributed by atoms with Crippen LogP contribution in [0.4, 0.5) is 26.1 Å². The number of rotatable bonds is 3. The minimum atomic E-state index is -1.28. The second kappa shape index (κ2) is 9.24. The van der Waals surface area contributed by atoms with E-state index in [4.69, 9.17) is 21.5 Å². The fourth-order valence-corrected chi connectivity index (χ4v) is 3.85. The summed E-state index contributed by atoms with van der Waals surface area (Å²) in [5.41, 5.74) is 11.5. The molecular weight excluding hydrogens is 526 g/mol. The third kappa shape index (κ3) is 4.28. The van der Waals surface area contributed by atoms with Crippen LogP contribution in [0.1, 0.15) is 33.1 Å². The maximum atomic E-state index is 14.1. The second-order valence-electron chi connectivity index (χ2n) is 7.07. The van der Waals surface area contributed by atoms with Gasteiger partial charge in [-0.05, 0) is 30.3 Å². The number of ether oxygens (including phenoxy) is 1. The zero-order chi connectivity index (χ0) is 25.3. The van der Waals surface area contributed by atoms with Gasteiger partial charge in [0.15, 0.2) is 6.19 Å². The van der Waals surface area contributed by atoms with Crippen molar-refractivity contribution in [1.29, 1.82) is 10.5 Å². The molecule has 13 heteroatoms. The number of hydrogen-bond donors (Lipinski definition) is 4. The highest BCUT2D eigenvalue weighted by Gasteiger charge is 2.32. The number of benzene rings is 2. The summed E-state index contributed by atoms with van der Waals surface area (Å²) in [6, 6.07) is 8.25. The largest absolute Gasteiger partial charge is 0.422 e. The number of aromatic nitrogens is 1. The Hall–Kier alpha value is -4.75. The Balaban J connectivity index is 1.89. The van der Waals surface area contributed by atoms with Crippen LogP contribution < -0.4 is 26.8 Å². The zero-order valence-electron chi connectivity index (χ0n) is 17.4. The van der Waals surface area contributed by atoms with Crippen molar-refractivity contribution in [3.8, 4) is 18.0 Å². The van der Waals surface area contributed by atoms with Crippen molar-refractivity contribution in [1.82, 2.24) is 10.3 Å². The van der Waals surface area contributed by atoms with Crippen LogP contribution >= 0.6 is 15.9 Å². The molecule has 1 unspecified atom stereocenters. The van der Waals surface area contributed by atoms with Gasteiger partial charge in [-0.2, -0.15) is 10.5 Å². The number of nitrogens with one attached hydrogen (secondary N) is 2. The monoisotopic (exact) mass is 538 g/mol. The van der Waals surface area contributed by atoms with Crippen molar-refractivity contribution in [2.24, 2.45) is 4.99 Å². The number of nitrogens with two attached hydrogens (primary N) is 2. The Labute approximate surface area is 205 Å². The molecule has 0 saturated heterocycles. The predicted octanol–water partition coefficient (Wildman–Crippen LogP) is 3.32. The SMILES string of the molecule is N#CNC1=NC(c2cc(Br)ccc2OC(=O)c2c(F)cccc2F)c2c(nc(N)c(C#N)c2N)N1. The van der Waals surface area contributed by atoms with E-state index in [0.717, 1.165) is 18.2 Å². The van der Waals surface area contributed by atoms with Gasteiger partial charge in [0, 0.05) is 15.6 Å². The summed E-state index contributed by atoms with van der Waals surface area (Å²) in [7, 11) is 0. The average Bonchev–Trinajstić information content (AvgIpc) is 2.80. The average molecular weight is 539 g/mol. The third-order valence-corrected chi connectivity index (χ3v) is 5.49. The number of halogens is 3. The molecule has 0 amide bonds. The topological polar surface area (TPSA) is 175 Å². The van der Waals surface area contributed by atoms with E-state index in [1.54, 1.807) is 6.19 Å². The minimum absolute atomic E-state index is 0.0293. The molecule has 6 N–H and O–H groups in total. The van der Waals surface area contributed by atoms with Crippen molar-refractivity contribution >= 4 is 45.2 Å². The quantitative estimate of drug-likeness (QED) is 0.168. The van der Waals surface area contributed by atoms with Crippen LogP contribution in [0.3, 0.4) is 0 Å². The number of hydrogen-bond acceptors (Lipinski definition) is 10. The van der Waals surface area contributed by atoms with Gasteiger partial charge in [-0.25, -0.2) is 23.6 Å². The molecular formula is C22H13BrF2N8O2. The molecule has 35 heavy (non-hydrogen) atoms. The van der Waals surface area contributed by atoms with Crippen LogP contribution in [0.15, 0.2) is 45.9 Å². The molecule has 3 aromatic rings. The number of pyridine rings is 1. The molecule has 10 nitrogen and oxygen atoms in total. The van der Waals surface area contributed by atoms with Gasteiger partial charge in [-0.3, -0.25) is 5.32 Å². The first kappa shape index (κ1) is 23.4. The molecule has 2 aromatic carbocycles. The lowest BCUT2D eigenvalue weighted by Crippen LogP contribution is -2.33. The zero-order valence-corrected chi connectivity index (χ0v) is 19.0. The lowest BCUT2D eigenvalue weighted by atomic mass is 9.94. The Morgan fingerprint density at radius 2 is 1.91 bits per heavy atom. The number of aliphatic imine (C=N–C) groups is 1. The lowest BCUT2D eigenvalue weighted by Gasteiger charge is -2.27. The highest BCUT2D eigenvalue weighted by molar-refractivity contribution is 9.10. The van der Waals surface area contributed by atoms with Crippen LogP contribution in [0.5, 0.6) is 5.75 Å². The number of fused-ring (bicyclic) bond motifs is 1. The number of anilines is 3. The minimum Gasteiger partial charge on any atom is -0.422 e. The van der Waals surface area contributed by atoms with Crippen LogP contribution in [0.2, 0.25) is 0 Å². The number of nitrogen functional groups attached to an aromatic ring is 2. The van der Waals surface area contributed by atoms with Gasteiger partial charge in [0.05, 0.1) is 5.69 Å². The molecule has 0 fully saturated rings. The van der Waals surface area contributed by atoms with E-state index in [1.807, 2.05) is 6.07 Å². The molecule has 0 radical (unpaired) electrons. The molecule has 2 heterocycles. The molecule has 0 bridgehead atoms. The third-order valence-electron chi connectivity index (χ3n) is 4.99. The first-order valence-corrected chi connectivity index (χ1v) is 10.5. The summed E-state index contributed by atoms with van der Waals surface area (Å²) < 4.78 is 34.2. The number of carbonyl (C=O) groups excluding carboxylic acids is 1. The number of carbonyl (C=O) groups is 1. The van der Waals surface area contributed by atoms with E-state index in [2.05, 4.69) is 36.5 Å². The van der Waals surface area contributed by atoms with Gasteiger partial charge in [-0.15, -0.1) is 0 Å². The van der Waals surface area contributed by atoms with Crippen LogP contribution in [-0.2, 0) is 0 Å². The fraction of sp³-hybridized carbons (Fsp3) is 0.0455. The first-order chi connectivity index (χ1) is 16.7. The van der Waals surface area contributed by atoms with E-state index in [9.17, 15) is 18.8 Å². The van der Waals surface area contributed by atoms with Gasteiger partial charge in [0.1, 0.15) is 52.3 Å². The number of esters is 1. The van der Waals surface area contributed by atoms with E-state index in [0.29, 0.717) is 4.47 Å². The maximum absolute atomic E-state index is 14.1. The summed E-state index contributed by atoms with van der Waals surface area (Å²) in [5.74, 6) is -3.65. The van der Waals surface area contributed by atoms with Gasteiger partial charge in [-0.1, -0.05) is 22.0 Å². The van der Waals surface area contributed by atoms with Gasteiger partial charge in [0.25, 0.3) is 0 Å². The van der Waals surface area contributed by atoms with E-state index >= 15 is 0 Å². The molecule has 1 aliphatic rings. The van der Waals surface area contributed by atoms with Crippen molar-refractivity contribution in [3.05, 3.63) is 74.8 Å². The Morgan fingerprint density at radius 1 is 1.20 bits per heavy atom. The molecule has 4 rings (SSSR count). The second-order valence-corrected chi connectivity index (χ2v) is 7.99. The first-order valence-electron chi connectivity index (χ1n) is 9.69. The molecule has 0 spiro atoms. The standard InChI is InChI=1S/C22H13BrF2N8O2/c23-9-4-5-14(35-21(34)15-12(24)2-1-3-13(15)25)10(6-9)18-16-17(28)11(7-26)19(29)32-20(16)33-22(31-18)30-8-27/h1-6,18H,(H6,28,29,30,31,32,33). The van der Waals surface area contributed by atoms with Crippen LogP contribution in [0, 0.1) is 34.4 Å². The normalized spacial score (nSPS) is 14.0. The Kier molecular flexibility index (Phi) is 6.18. The van der Waals surface area contributed by atoms with Crippen LogP contribution in [-0.4, -0.2) is 16.9 Å². The van der Waals surface area contributed by atoms with Crippen molar-refractivity contribution in [2.45, 2.75) is 6.04 Å². The molecule has 0 aliphatic carbocycles. The number of nitrogens with zero attached hydrogens (tertiary/aromatic N) is 4. The highest BCUT2D eigenvalue weighted by Crippen LogP contribution is 2.44. The van der Waals surface area contributed by atoms with E-state index in [1.165, 1.54) is 18.2 Å². The number of guanidine groups is 1. The maximum Gasteiger partial charge on any atom is 0.349 e. The summed E-state index contributed by atoms with van der Waals surface area (Å²) in [6.45, 7) is 0. The Bertz CT molecular complexity index is 1480. The molecule has 174 valence electrons.